The molecule has 0 amide bonds. The fourth-order valence-corrected chi connectivity index (χ4v) is 1.46. The van der Waals surface area contributed by atoms with Gasteiger partial charge in [0, 0.05) is 13.1 Å². The van der Waals surface area contributed by atoms with Gasteiger partial charge in [-0.05, 0) is 19.1 Å². The number of halogens is 1. The van der Waals surface area contributed by atoms with E-state index in [9.17, 15) is 4.39 Å². The minimum absolute atomic E-state index is 0.0345. The third kappa shape index (κ3) is 2.85. The summed E-state index contributed by atoms with van der Waals surface area (Å²) in [4.78, 5) is 4.02. The topological polar surface area (TPSA) is 55.6 Å². The monoisotopic (exact) mass is 235 g/mol. The molecule has 5 nitrogen and oxygen atoms in total. The van der Waals surface area contributed by atoms with Crippen LogP contribution in [0.2, 0.25) is 0 Å². The molecule has 1 atom stereocenters. The lowest BCUT2D eigenvalue weighted by molar-refractivity contribution is 0.533. The molecule has 0 bridgehead atoms. The lowest BCUT2D eigenvalue weighted by Crippen LogP contribution is -2.21. The lowest BCUT2D eigenvalue weighted by atomic mass is 10.2. The molecule has 2 aromatic rings. The number of nitrogens with zero attached hydrogens (tertiary/aromatic N) is 4. The van der Waals surface area contributed by atoms with E-state index in [1.807, 2.05) is 18.5 Å². The zero-order valence-electron chi connectivity index (χ0n) is 9.76. The van der Waals surface area contributed by atoms with Crippen LogP contribution < -0.4 is 5.32 Å². The van der Waals surface area contributed by atoms with Gasteiger partial charge < -0.3 is 9.88 Å². The lowest BCUT2D eigenvalue weighted by Gasteiger charge is -2.12. The van der Waals surface area contributed by atoms with Crippen molar-refractivity contribution < 1.29 is 4.39 Å². The Bertz CT molecular complexity index is 479. The number of aromatic nitrogens is 4. The molecule has 0 saturated carbocycles. The van der Waals surface area contributed by atoms with Crippen LogP contribution in [0.3, 0.4) is 0 Å². The predicted octanol–water partition coefficient (Wildman–Crippen LogP) is 1.20. The molecule has 17 heavy (non-hydrogen) atoms. The predicted molar refractivity (Wildman–Crippen MR) is 60.5 cm³/mol. The van der Waals surface area contributed by atoms with E-state index in [-0.39, 0.29) is 11.9 Å². The Morgan fingerprint density at radius 2 is 2.29 bits per heavy atom. The van der Waals surface area contributed by atoms with Crippen LogP contribution in [0, 0.1) is 5.82 Å². The highest BCUT2D eigenvalue weighted by Crippen LogP contribution is 2.09. The van der Waals surface area contributed by atoms with E-state index >= 15 is 0 Å². The van der Waals surface area contributed by atoms with Crippen molar-refractivity contribution in [2.45, 2.75) is 19.5 Å². The Morgan fingerprint density at radius 3 is 2.88 bits per heavy atom. The summed E-state index contributed by atoms with van der Waals surface area (Å²) >= 11 is 0. The molecule has 0 radical (unpaired) electrons. The quantitative estimate of drug-likeness (QED) is 0.865. The van der Waals surface area contributed by atoms with Crippen molar-refractivity contribution in [3.63, 3.8) is 0 Å². The van der Waals surface area contributed by atoms with Crippen molar-refractivity contribution in [2.75, 3.05) is 0 Å². The van der Waals surface area contributed by atoms with Gasteiger partial charge in [0.2, 0.25) is 0 Å². The minimum Gasteiger partial charge on any atom is -0.320 e. The van der Waals surface area contributed by atoms with Crippen molar-refractivity contribution in [1.82, 2.24) is 25.1 Å². The van der Waals surface area contributed by atoms with Gasteiger partial charge in [0.15, 0.2) is 0 Å². The first kappa shape index (κ1) is 11.7. The highest BCUT2D eigenvalue weighted by atomic mass is 19.1. The van der Waals surface area contributed by atoms with Crippen LogP contribution in [0.5, 0.6) is 0 Å². The summed E-state index contributed by atoms with van der Waals surface area (Å²) < 4.78 is 14.6. The summed E-state index contributed by atoms with van der Waals surface area (Å²) in [7, 11) is 1.89. The fraction of sp³-hybridized carbons (Fsp3) is 0.364. The zero-order valence-corrected chi connectivity index (χ0v) is 9.76. The summed E-state index contributed by atoms with van der Waals surface area (Å²) in [6.07, 6.45) is 2.87. The van der Waals surface area contributed by atoms with Crippen molar-refractivity contribution in [1.29, 1.82) is 0 Å². The summed E-state index contributed by atoms with van der Waals surface area (Å²) in [5, 5.41) is 11.0. The number of hydrogen-bond acceptors (Lipinski definition) is 4. The molecule has 90 valence electrons. The largest absolute Gasteiger partial charge is 0.320 e. The molecule has 0 aliphatic carbocycles. The van der Waals surface area contributed by atoms with Crippen molar-refractivity contribution >= 4 is 0 Å². The van der Waals surface area contributed by atoms with Gasteiger partial charge >= 0.3 is 0 Å². The van der Waals surface area contributed by atoms with Crippen LogP contribution in [0.4, 0.5) is 4.39 Å². The Labute approximate surface area is 98.7 Å². The second kappa shape index (κ2) is 5.01. The van der Waals surface area contributed by atoms with Crippen LogP contribution in [-0.2, 0) is 13.6 Å². The molecule has 1 N–H and O–H groups in total. The first-order chi connectivity index (χ1) is 8.16. The smallest absolute Gasteiger partial charge is 0.146 e. The van der Waals surface area contributed by atoms with Gasteiger partial charge in [-0.3, -0.25) is 4.98 Å². The standard InChI is InChI=1S/C11H14FN5/c1-8(10-4-3-9(12)5-14-10)13-6-11-16-15-7-17(11)2/h3-5,7-8,13H,6H2,1-2H3. The van der Waals surface area contributed by atoms with Gasteiger partial charge in [-0.2, -0.15) is 0 Å². The molecule has 0 aliphatic heterocycles. The molecular weight excluding hydrogens is 221 g/mol. The van der Waals surface area contributed by atoms with Gasteiger partial charge in [-0.25, -0.2) is 4.39 Å². The Kier molecular flexibility index (Phi) is 3.43. The number of nitrogens with one attached hydrogen (secondary N) is 1. The molecule has 0 spiro atoms. The molecule has 2 rings (SSSR count). The number of aryl methyl sites for hydroxylation is 1. The second-order valence-corrected chi connectivity index (χ2v) is 3.86. The first-order valence-electron chi connectivity index (χ1n) is 5.34. The number of rotatable bonds is 4. The average molecular weight is 235 g/mol. The third-order valence-electron chi connectivity index (χ3n) is 2.57. The van der Waals surface area contributed by atoms with Gasteiger partial charge in [0.1, 0.15) is 18.0 Å². The van der Waals surface area contributed by atoms with Crippen LogP contribution >= 0.6 is 0 Å². The maximum atomic E-state index is 12.7. The van der Waals surface area contributed by atoms with Gasteiger partial charge in [-0.15, -0.1) is 10.2 Å². The normalized spacial score (nSPS) is 12.6. The minimum atomic E-state index is -0.325. The molecule has 2 aromatic heterocycles. The van der Waals surface area contributed by atoms with Gasteiger partial charge in [-0.1, -0.05) is 0 Å². The Balaban J connectivity index is 1.95. The van der Waals surface area contributed by atoms with E-state index in [2.05, 4.69) is 20.5 Å². The maximum Gasteiger partial charge on any atom is 0.146 e. The van der Waals surface area contributed by atoms with Crippen LogP contribution in [0.25, 0.3) is 0 Å². The van der Waals surface area contributed by atoms with Crippen molar-refractivity contribution in [3.8, 4) is 0 Å². The highest BCUT2D eigenvalue weighted by molar-refractivity contribution is 5.09. The fourth-order valence-electron chi connectivity index (χ4n) is 1.46. The van der Waals surface area contributed by atoms with E-state index in [1.165, 1.54) is 12.3 Å². The van der Waals surface area contributed by atoms with Crippen molar-refractivity contribution in [3.05, 3.63) is 42.0 Å². The van der Waals surface area contributed by atoms with E-state index in [0.29, 0.717) is 6.54 Å². The van der Waals surface area contributed by atoms with E-state index in [4.69, 9.17) is 0 Å². The van der Waals surface area contributed by atoms with E-state index < -0.39 is 0 Å². The molecule has 0 aliphatic rings. The molecule has 0 fully saturated rings. The molecule has 1 unspecified atom stereocenters. The third-order valence-corrected chi connectivity index (χ3v) is 2.57. The molecule has 0 aromatic carbocycles. The van der Waals surface area contributed by atoms with Gasteiger partial charge in [0.05, 0.1) is 18.4 Å². The molecule has 6 heteroatoms. The number of pyridine rings is 1. The maximum absolute atomic E-state index is 12.7. The highest BCUT2D eigenvalue weighted by Gasteiger charge is 2.08. The van der Waals surface area contributed by atoms with Gasteiger partial charge in [0.25, 0.3) is 0 Å². The zero-order chi connectivity index (χ0) is 12.3. The first-order valence-corrected chi connectivity index (χ1v) is 5.34. The van der Waals surface area contributed by atoms with E-state index in [1.54, 1.807) is 12.4 Å². The Hall–Kier alpha value is -1.82. The summed E-state index contributed by atoms with van der Waals surface area (Å²) in [5.74, 6) is 0.521. The summed E-state index contributed by atoms with van der Waals surface area (Å²) in [5.41, 5.74) is 0.800. The second-order valence-electron chi connectivity index (χ2n) is 3.86. The van der Waals surface area contributed by atoms with Crippen LogP contribution in [0.1, 0.15) is 24.5 Å². The molecule has 2 heterocycles. The summed E-state index contributed by atoms with van der Waals surface area (Å²) in [6.45, 7) is 2.56. The SMILES string of the molecule is CC(NCc1nncn1C)c1ccc(F)cn1. The molecular formula is C11H14FN5. The van der Waals surface area contributed by atoms with Crippen molar-refractivity contribution in [2.24, 2.45) is 7.05 Å². The summed E-state index contributed by atoms with van der Waals surface area (Å²) in [6, 6.07) is 3.11. The van der Waals surface area contributed by atoms with Crippen LogP contribution in [0.15, 0.2) is 24.7 Å². The van der Waals surface area contributed by atoms with Crippen LogP contribution in [-0.4, -0.2) is 19.7 Å². The van der Waals surface area contributed by atoms with E-state index in [0.717, 1.165) is 11.5 Å². The molecule has 0 saturated heterocycles. The Morgan fingerprint density at radius 1 is 1.47 bits per heavy atom. The average Bonchev–Trinajstić information content (AvgIpc) is 2.73. The number of hydrogen-bond donors (Lipinski definition) is 1.